The van der Waals surface area contributed by atoms with Gasteiger partial charge < -0.3 is 9.84 Å². The van der Waals surface area contributed by atoms with E-state index in [0.29, 0.717) is 28.7 Å². The Balaban J connectivity index is 1.20. The molecule has 1 aromatic rings. The number of rotatable bonds is 9. The molecule has 0 bridgehead atoms. The van der Waals surface area contributed by atoms with Crippen LogP contribution in [0.1, 0.15) is 122 Å². The molecule has 11 atom stereocenters. The van der Waals surface area contributed by atoms with E-state index in [2.05, 4.69) is 34.6 Å². The zero-order valence-electron chi connectivity index (χ0n) is 25.5. The molecule has 0 radical (unpaired) electrons. The highest BCUT2D eigenvalue weighted by atomic mass is 16.5. The quantitative estimate of drug-likeness (QED) is 0.320. The molecule has 3 heteroatoms. The maximum Gasteiger partial charge on any atom is 0.338 e. The smallest absolute Gasteiger partial charge is 0.338 e. The number of hydrogen-bond donors (Lipinski definition) is 1. The fourth-order valence-electron chi connectivity index (χ4n) is 10.4. The van der Waals surface area contributed by atoms with Gasteiger partial charge in [0.1, 0.15) is 6.10 Å². The van der Waals surface area contributed by atoms with Gasteiger partial charge in [0.2, 0.25) is 0 Å². The number of fused-ring (bicyclic) bond motifs is 5. The molecular weight excluding hydrogens is 480 g/mol. The molecule has 5 rings (SSSR count). The Morgan fingerprint density at radius 2 is 1.69 bits per heavy atom. The predicted octanol–water partition coefficient (Wildman–Crippen LogP) is 8.94. The first-order valence-corrected chi connectivity index (χ1v) is 16.7. The van der Waals surface area contributed by atoms with Crippen molar-refractivity contribution in [2.24, 2.45) is 58.7 Å². The van der Waals surface area contributed by atoms with Crippen LogP contribution in [0.15, 0.2) is 30.3 Å². The van der Waals surface area contributed by atoms with E-state index in [1.807, 2.05) is 30.3 Å². The summed E-state index contributed by atoms with van der Waals surface area (Å²) in [6.45, 7) is 11.7. The van der Waals surface area contributed by atoms with Gasteiger partial charge in [-0.15, -0.1) is 0 Å². The van der Waals surface area contributed by atoms with Crippen LogP contribution in [0, 0.1) is 58.7 Å². The van der Waals surface area contributed by atoms with Crippen LogP contribution < -0.4 is 0 Å². The second kappa shape index (κ2) is 12.3. The van der Waals surface area contributed by atoms with Gasteiger partial charge in [-0.3, -0.25) is 0 Å². The summed E-state index contributed by atoms with van der Waals surface area (Å²) >= 11 is 0. The van der Waals surface area contributed by atoms with E-state index in [-0.39, 0.29) is 18.2 Å². The third-order valence-electron chi connectivity index (χ3n) is 12.6. The van der Waals surface area contributed by atoms with E-state index in [1.54, 1.807) is 0 Å². The molecule has 0 amide bonds. The molecule has 218 valence electrons. The van der Waals surface area contributed by atoms with Crippen molar-refractivity contribution in [3.8, 4) is 0 Å². The van der Waals surface area contributed by atoms with Crippen molar-refractivity contribution in [1.29, 1.82) is 0 Å². The second-order valence-electron chi connectivity index (χ2n) is 14.8. The maximum atomic E-state index is 12.8. The number of carbonyl (C=O) groups is 1. The molecule has 0 heterocycles. The van der Waals surface area contributed by atoms with Crippen molar-refractivity contribution in [3.05, 3.63) is 35.9 Å². The third-order valence-corrected chi connectivity index (χ3v) is 12.6. The molecule has 4 aliphatic carbocycles. The molecule has 4 fully saturated rings. The van der Waals surface area contributed by atoms with Gasteiger partial charge in [0.25, 0.3) is 0 Å². The normalized spacial score (nSPS) is 38.3. The van der Waals surface area contributed by atoms with E-state index in [0.717, 1.165) is 54.8 Å². The molecule has 3 nitrogen and oxygen atoms in total. The summed E-state index contributed by atoms with van der Waals surface area (Å²) in [7, 11) is 0. The van der Waals surface area contributed by atoms with Gasteiger partial charge in [0.15, 0.2) is 0 Å². The first kappa shape index (κ1) is 29.2. The average Bonchev–Trinajstić information content (AvgIpc) is 3.31. The number of ether oxygens (including phenoxy) is 1. The second-order valence-corrected chi connectivity index (χ2v) is 14.8. The standard InChI is InChI=1S/C36H56O3/c1-6-33(37)27-14-13-25-15-16-29-28(30(25)22-27)20-21-36(5)31(17-18-32(29)36)24(4)12-19-34(23(2)3)39-35(38)26-10-8-7-9-11-26/h7-11,23-25,27-34,37H,6,12-22H2,1-5H3/t24-,25-,27?,28+,29-,30+,31-,32+,33?,34?,36-/m1/s1. The highest BCUT2D eigenvalue weighted by Crippen LogP contribution is 2.66. The van der Waals surface area contributed by atoms with Gasteiger partial charge in [-0.05, 0) is 148 Å². The number of hydrogen-bond acceptors (Lipinski definition) is 3. The van der Waals surface area contributed by atoms with E-state index >= 15 is 0 Å². The summed E-state index contributed by atoms with van der Waals surface area (Å²) in [6, 6.07) is 9.46. The SMILES string of the molecule is CCC(O)C1CC[C@@H]2CC[C@@H]3[C@H](CC[C@]4(C)[C@@H]([C@H](C)CCC(OC(=O)c5ccccc5)C(C)C)CC[C@@H]34)[C@H]2C1. The monoisotopic (exact) mass is 536 g/mol. The Bertz CT molecular complexity index is 942. The molecule has 0 spiro atoms. The van der Waals surface area contributed by atoms with Gasteiger partial charge in [0, 0.05) is 0 Å². The minimum atomic E-state index is -0.180. The molecule has 0 aliphatic heterocycles. The first-order chi connectivity index (χ1) is 18.7. The third kappa shape index (κ3) is 5.86. The number of aliphatic hydroxyl groups excluding tert-OH is 1. The van der Waals surface area contributed by atoms with Crippen LogP contribution in [0.2, 0.25) is 0 Å². The summed E-state index contributed by atoms with van der Waals surface area (Å²) in [5.74, 6) is 6.66. The van der Waals surface area contributed by atoms with E-state index in [1.165, 1.54) is 57.8 Å². The highest BCUT2D eigenvalue weighted by molar-refractivity contribution is 5.89. The van der Waals surface area contributed by atoms with Crippen LogP contribution in [0.5, 0.6) is 0 Å². The minimum Gasteiger partial charge on any atom is -0.459 e. The fourth-order valence-corrected chi connectivity index (χ4v) is 10.4. The van der Waals surface area contributed by atoms with Gasteiger partial charge >= 0.3 is 5.97 Å². The Morgan fingerprint density at radius 3 is 2.41 bits per heavy atom. The summed E-state index contributed by atoms with van der Waals surface area (Å²) < 4.78 is 6.04. The van der Waals surface area contributed by atoms with E-state index in [9.17, 15) is 9.90 Å². The van der Waals surface area contributed by atoms with Crippen LogP contribution in [-0.4, -0.2) is 23.3 Å². The lowest BCUT2D eigenvalue weighted by atomic mass is 9.48. The Labute approximate surface area is 238 Å². The number of aliphatic hydroxyl groups is 1. The largest absolute Gasteiger partial charge is 0.459 e. The number of esters is 1. The molecular formula is C36H56O3. The molecule has 4 saturated carbocycles. The summed E-state index contributed by atoms with van der Waals surface area (Å²) in [5.41, 5.74) is 1.13. The van der Waals surface area contributed by atoms with Gasteiger partial charge in [-0.25, -0.2) is 4.79 Å². The van der Waals surface area contributed by atoms with Crippen LogP contribution in [0.25, 0.3) is 0 Å². The molecule has 4 aliphatic rings. The Hall–Kier alpha value is -1.35. The molecule has 3 unspecified atom stereocenters. The van der Waals surface area contributed by atoms with Gasteiger partial charge in [-0.2, -0.15) is 0 Å². The summed E-state index contributed by atoms with van der Waals surface area (Å²) in [6.07, 6.45) is 15.3. The minimum absolute atomic E-state index is 0.0195. The van der Waals surface area contributed by atoms with Gasteiger partial charge in [0.05, 0.1) is 11.7 Å². The average molecular weight is 537 g/mol. The van der Waals surface area contributed by atoms with E-state index < -0.39 is 0 Å². The van der Waals surface area contributed by atoms with Crippen molar-refractivity contribution < 1.29 is 14.6 Å². The summed E-state index contributed by atoms with van der Waals surface area (Å²) in [4.78, 5) is 12.8. The summed E-state index contributed by atoms with van der Waals surface area (Å²) in [5, 5.41) is 10.7. The van der Waals surface area contributed by atoms with Gasteiger partial charge in [-0.1, -0.05) is 52.8 Å². The van der Waals surface area contributed by atoms with E-state index in [4.69, 9.17) is 4.74 Å². The zero-order valence-corrected chi connectivity index (χ0v) is 25.5. The van der Waals surface area contributed by atoms with Crippen LogP contribution in [0.4, 0.5) is 0 Å². The zero-order chi connectivity index (χ0) is 27.7. The highest BCUT2D eigenvalue weighted by Gasteiger charge is 2.57. The molecule has 0 saturated heterocycles. The van der Waals surface area contributed by atoms with Crippen LogP contribution in [-0.2, 0) is 4.74 Å². The Morgan fingerprint density at radius 1 is 0.949 bits per heavy atom. The lowest BCUT2D eigenvalue weighted by Gasteiger charge is -2.57. The topological polar surface area (TPSA) is 46.5 Å². The lowest BCUT2D eigenvalue weighted by molar-refractivity contribution is -0.0843. The lowest BCUT2D eigenvalue weighted by Crippen LogP contribution is -2.49. The molecule has 39 heavy (non-hydrogen) atoms. The van der Waals surface area contributed by atoms with Crippen molar-refractivity contribution in [2.45, 2.75) is 124 Å². The molecule has 1 N–H and O–H groups in total. The molecule has 0 aromatic heterocycles. The van der Waals surface area contributed by atoms with Crippen molar-refractivity contribution in [3.63, 3.8) is 0 Å². The van der Waals surface area contributed by atoms with Crippen molar-refractivity contribution >= 4 is 5.97 Å². The van der Waals surface area contributed by atoms with Crippen LogP contribution in [0.3, 0.4) is 0 Å². The number of carbonyl (C=O) groups excluding carboxylic acids is 1. The first-order valence-electron chi connectivity index (χ1n) is 16.7. The number of benzene rings is 1. The predicted molar refractivity (Wildman–Crippen MR) is 159 cm³/mol. The van der Waals surface area contributed by atoms with Crippen molar-refractivity contribution in [2.75, 3.05) is 0 Å². The maximum absolute atomic E-state index is 12.8. The van der Waals surface area contributed by atoms with Crippen LogP contribution >= 0.6 is 0 Å². The molecule has 1 aromatic carbocycles. The van der Waals surface area contributed by atoms with Crippen molar-refractivity contribution in [1.82, 2.24) is 0 Å². The Kier molecular flexibility index (Phi) is 9.16. The fraction of sp³-hybridized carbons (Fsp3) is 0.806.